The van der Waals surface area contributed by atoms with E-state index >= 15 is 0 Å². The second kappa shape index (κ2) is 6.52. The molecule has 94 valence electrons. The molecule has 0 N–H and O–H groups in total. The van der Waals surface area contributed by atoms with Crippen LogP contribution in [0.3, 0.4) is 0 Å². The van der Waals surface area contributed by atoms with Gasteiger partial charge in [-0.3, -0.25) is 0 Å². The van der Waals surface area contributed by atoms with Gasteiger partial charge in [0.2, 0.25) is 0 Å². The van der Waals surface area contributed by atoms with Gasteiger partial charge in [-0.25, -0.2) is 0 Å². The van der Waals surface area contributed by atoms with Crippen LogP contribution in [0.5, 0.6) is 0 Å². The third-order valence-corrected chi connectivity index (χ3v) is 4.67. The Bertz CT molecular complexity index is 464. The summed E-state index contributed by atoms with van der Waals surface area (Å²) in [6.45, 7) is 4.31. The van der Waals surface area contributed by atoms with Crippen LogP contribution in [0.2, 0.25) is 0 Å². The summed E-state index contributed by atoms with van der Waals surface area (Å²) >= 11 is 0. The second-order valence-corrected chi connectivity index (χ2v) is 5.97. The topological polar surface area (TPSA) is 9.23 Å². The van der Waals surface area contributed by atoms with Crippen molar-refractivity contribution >= 4 is 14.9 Å². The molecule has 0 aliphatic rings. The summed E-state index contributed by atoms with van der Waals surface area (Å²) in [5.74, 6) is 0. The molecule has 0 aliphatic heterocycles. The van der Waals surface area contributed by atoms with Crippen LogP contribution >= 0.6 is 0 Å². The van der Waals surface area contributed by atoms with E-state index in [1.165, 1.54) is 16.3 Å². The van der Waals surface area contributed by atoms with Crippen molar-refractivity contribution in [3.63, 3.8) is 0 Å². The molecular formula is C16H20OSi. The van der Waals surface area contributed by atoms with Crippen LogP contribution in [0.1, 0.15) is 31.1 Å². The van der Waals surface area contributed by atoms with E-state index < -0.39 is 9.76 Å². The minimum Gasteiger partial charge on any atom is -0.412 e. The molecule has 1 unspecified atom stereocenters. The number of benzene rings is 2. The Labute approximate surface area is 112 Å². The molecule has 0 aromatic heterocycles. The maximum atomic E-state index is 6.03. The van der Waals surface area contributed by atoms with Crippen LogP contribution in [0.25, 0.3) is 0 Å². The SMILES string of the molecule is CCc1ccc(C(C)O[SiH2]c2ccccc2)cc1. The molecule has 1 atom stereocenters. The van der Waals surface area contributed by atoms with Gasteiger partial charge in [0.25, 0.3) is 0 Å². The normalized spacial score (nSPS) is 13.0. The van der Waals surface area contributed by atoms with Gasteiger partial charge in [-0.05, 0) is 29.7 Å². The van der Waals surface area contributed by atoms with E-state index in [0.717, 1.165) is 6.42 Å². The molecule has 0 saturated carbocycles. The predicted octanol–water partition coefficient (Wildman–Crippen LogP) is 2.74. The lowest BCUT2D eigenvalue weighted by Gasteiger charge is -2.14. The van der Waals surface area contributed by atoms with Crippen LogP contribution in [-0.2, 0) is 10.8 Å². The molecule has 18 heavy (non-hydrogen) atoms. The van der Waals surface area contributed by atoms with Gasteiger partial charge < -0.3 is 4.43 Å². The zero-order chi connectivity index (χ0) is 12.8. The average Bonchev–Trinajstić information content (AvgIpc) is 2.46. The summed E-state index contributed by atoms with van der Waals surface area (Å²) in [5.41, 5.74) is 2.65. The summed E-state index contributed by atoms with van der Waals surface area (Å²) in [5, 5.41) is 1.36. The Morgan fingerprint density at radius 2 is 1.67 bits per heavy atom. The molecule has 1 nitrogen and oxygen atoms in total. The molecule has 0 amide bonds. The van der Waals surface area contributed by atoms with Gasteiger partial charge in [0.1, 0.15) is 0 Å². The van der Waals surface area contributed by atoms with E-state index in [1.807, 2.05) is 6.07 Å². The first-order valence-corrected chi connectivity index (χ1v) is 7.82. The Balaban J connectivity index is 1.93. The summed E-state index contributed by atoms with van der Waals surface area (Å²) < 4.78 is 6.03. The Morgan fingerprint density at radius 1 is 1.00 bits per heavy atom. The lowest BCUT2D eigenvalue weighted by atomic mass is 10.1. The molecule has 0 radical (unpaired) electrons. The highest BCUT2D eigenvalue weighted by Gasteiger charge is 2.05. The molecule has 0 aliphatic carbocycles. The standard InChI is InChI=1S/C16H20OSi/c1-3-14-9-11-15(12-10-14)13(2)17-18-16-7-5-4-6-8-16/h4-13H,3,18H2,1-2H3. The first-order valence-electron chi connectivity index (χ1n) is 6.54. The van der Waals surface area contributed by atoms with Crippen molar-refractivity contribution in [1.82, 2.24) is 0 Å². The highest BCUT2D eigenvalue weighted by atomic mass is 28.2. The van der Waals surface area contributed by atoms with E-state index in [2.05, 4.69) is 62.4 Å². The van der Waals surface area contributed by atoms with Crippen LogP contribution in [0, 0.1) is 0 Å². The first-order chi connectivity index (χ1) is 8.79. The van der Waals surface area contributed by atoms with Crippen molar-refractivity contribution in [1.29, 1.82) is 0 Å². The Morgan fingerprint density at radius 3 is 2.28 bits per heavy atom. The van der Waals surface area contributed by atoms with Gasteiger partial charge in [0.15, 0.2) is 9.76 Å². The Hall–Kier alpha value is -1.38. The van der Waals surface area contributed by atoms with Crippen molar-refractivity contribution in [3.8, 4) is 0 Å². The molecular weight excluding hydrogens is 236 g/mol. The minimum atomic E-state index is -0.618. The molecule has 0 fully saturated rings. The summed E-state index contributed by atoms with van der Waals surface area (Å²) in [4.78, 5) is 0. The van der Waals surface area contributed by atoms with E-state index in [9.17, 15) is 0 Å². The van der Waals surface area contributed by atoms with Crippen LogP contribution < -0.4 is 5.19 Å². The molecule has 2 aromatic carbocycles. The number of hydrogen-bond acceptors (Lipinski definition) is 1. The van der Waals surface area contributed by atoms with Crippen LogP contribution in [0.4, 0.5) is 0 Å². The van der Waals surface area contributed by atoms with E-state index in [-0.39, 0.29) is 6.10 Å². The van der Waals surface area contributed by atoms with Gasteiger partial charge in [-0.15, -0.1) is 0 Å². The van der Waals surface area contributed by atoms with Crippen molar-refractivity contribution in [2.45, 2.75) is 26.4 Å². The van der Waals surface area contributed by atoms with Gasteiger partial charge in [-0.1, -0.05) is 61.5 Å². The number of aryl methyl sites for hydroxylation is 1. The summed E-state index contributed by atoms with van der Waals surface area (Å²) in [7, 11) is -0.618. The maximum Gasteiger partial charge on any atom is 0.193 e. The smallest absolute Gasteiger partial charge is 0.193 e. The average molecular weight is 256 g/mol. The third-order valence-electron chi connectivity index (χ3n) is 3.20. The fraction of sp³-hybridized carbons (Fsp3) is 0.250. The van der Waals surface area contributed by atoms with Gasteiger partial charge in [-0.2, -0.15) is 0 Å². The molecule has 0 bridgehead atoms. The van der Waals surface area contributed by atoms with Crippen molar-refractivity contribution in [2.24, 2.45) is 0 Å². The quantitative estimate of drug-likeness (QED) is 0.748. The van der Waals surface area contributed by atoms with Gasteiger partial charge >= 0.3 is 0 Å². The van der Waals surface area contributed by atoms with Crippen molar-refractivity contribution in [3.05, 3.63) is 65.7 Å². The second-order valence-electron chi connectivity index (χ2n) is 4.53. The molecule has 2 heteroatoms. The Kier molecular flexibility index (Phi) is 4.73. The fourth-order valence-corrected chi connectivity index (χ4v) is 3.02. The van der Waals surface area contributed by atoms with Crippen LogP contribution in [0.15, 0.2) is 54.6 Å². The zero-order valence-electron chi connectivity index (χ0n) is 11.1. The maximum absolute atomic E-state index is 6.03. The van der Waals surface area contributed by atoms with E-state index in [4.69, 9.17) is 4.43 Å². The molecule has 0 heterocycles. The lowest BCUT2D eigenvalue weighted by Crippen LogP contribution is -2.18. The minimum absolute atomic E-state index is 0.197. The molecule has 2 aromatic rings. The molecule has 0 saturated heterocycles. The summed E-state index contributed by atoms with van der Waals surface area (Å²) in [6, 6.07) is 19.3. The van der Waals surface area contributed by atoms with Crippen molar-refractivity contribution < 1.29 is 4.43 Å². The number of hydrogen-bond donors (Lipinski definition) is 0. The fourth-order valence-electron chi connectivity index (χ4n) is 1.92. The molecule has 0 spiro atoms. The largest absolute Gasteiger partial charge is 0.412 e. The summed E-state index contributed by atoms with van der Waals surface area (Å²) in [6.07, 6.45) is 1.29. The monoisotopic (exact) mass is 256 g/mol. The van der Waals surface area contributed by atoms with Crippen LogP contribution in [-0.4, -0.2) is 9.76 Å². The predicted molar refractivity (Wildman–Crippen MR) is 79.9 cm³/mol. The van der Waals surface area contributed by atoms with Crippen molar-refractivity contribution in [2.75, 3.05) is 0 Å². The number of rotatable bonds is 5. The molecule has 2 rings (SSSR count). The first kappa shape index (κ1) is 13.1. The third kappa shape index (κ3) is 3.55. The highest BCUT2D eigenvalue weighted by molar-refractivity contribution is 6.46. The zero-order valence-corrected chi connectivity index (χ0v) is 12.5. The van der Waals surface area contributed by atoms with Gasteiger partial charge in [0, 0.05) is 0 Å². The highest BCUT2D eigenvalue weighted by Crippen LogP contribution is 2.16. The van der Waals surface area contributed by atoms with Gasteiger partial charge in [0.05, 0.1) is 6.10 Å². The lowest BCUT2D eigenvalue weighted by molar-refractivity contribution is 0.244. The van der Waals surface area contributed by atoms with E-state index in [0.29, 0.717) is 0 Å². The van der Waals surface area contributed by atoms with E-state index in [1.54, 1.807) is 0 Å².